The summed E-state index contributed by atoms with van der Waals surface area (Å²) >= 11 is 0. The maximum atomic E-state index is 12.4. The highest BCUT2D eigenvalue weighted by molar-refractivity contribution is 6.04. The van der Waals surface area contributed by atoms with E-state index in [0.717, 1.165) is 5.56 Å². The second kappa shape index (κ2) is 8.63. The number of benzene rings is 2. The number of methoxy groups -OCH3 is 1. The monoisotopic (exact) mass is 379 g/mol. The number of non-ortho nitro benzene ring substituents is 1. The zero-order chi connectivity index (χ0) is 19.9. The molecule has 0 saturated carbocycles. The van der Waals surface area contributed by atoms with Crippen LogP contribution >= 0.6 is 0 Å². The topological polar surface area (TPSA) is 104 Å². The van der Waals surface area contributed by atoms with E-state index in [1.165, 1.54) is 31.4 Å². The minimum absolute atomic E-state index is 0.0768. The van der Waals surface area contributed by atoms with Gasteiger partial charge in [0, 0.05) is 47.4 Å². The molecule has 8 nitrogen and oxygen atoms in total. The standard InChI is InChI=1S/C20H17N3O5/c1-27-18-9-6-16(11-19(18)28-13-14-3-2-10-21-12-14)22-20(24)15-4-7-17(8-5-15)23(25)26/h2-12H,13H2,1H3,(H,22,24). The molecule has 0 atom stereocenters. The van der Waals surface area contributed by atoms with Crippen molar-refractivity contribution in [1.82, 2.24) is 4.98 Å². The zero-order valence-corrected chi connectivity index (χ0v) is 15.0. The molecule has 2 aromatic carbocycles. The summed E-state index contributed by atoms with van der Waals surface area (Å²) in [5.41, 5.74) is 1.63. The molecule has 0 aliphatic carbocycles. The summed E-state index contributed by atoms with van der Waals surface area (Å²) in [6.45, 7) is 0.296. The molecule has 0 radical (unpaired) electrons. The molecular formula is C20H17N3O5. The molecule has 0 bridgehead atoms. The Bertz CT molecular complexity index is 975. The Kier molecular flexibility index (Phi) is 5.81. The van der Waals surface area contributed by atoms with Crippen molar-refractivity contribution in [3.05, 3.63) is 88.2 Å². The van der Waals surface area contributed by atoms with Crippen LogP contribution in [-0.4, -0.2) is 22.9 Å². The van der Waals surface area contributed by atoms with E-state index in [9.17, 15) is 14.9 Å². The van der Waals surface area contributed by atoms with Crippen LogP contribution in [-0.2, 0) is 6.61 Å². The lowest BCUT2D eigenvalue weighted by Gasteiger charge is -2.13. The summed E-state index contributed by atoms with van der Waals surface area (Å²) in [5.74, 6) is 0.600. The number of nitro benzene ring substituents is 1. The fourth-order valence-electron chi connectivity index (χ4n) is 2.45. The Labute approximate surface area is 160 Å². The highest BCUT2D eigenvalue weighted by atomic mass is 16.6. The van der Waals surface area contributed by atoms with E-state index in [0.29, 0.717) is 29.4 Å². The largest absolute Gasteiger partial charge is 0.493 e. The molecule has 142 valence electrons. The van der Waals surface area contributed by atoms with Gasteiger partial charge in [-0.05, 0) is 30.3 Å². The highest BCUT2D eigenvalue weighted by Crippen LogP contribution is 2.31. The van der Waals surface area contributed by atoms with E-state index in [4.69, 9.17) is 9.47 Å². The molecule has 0 aliphatic heterocycles. The number of nitrogens with one attached hydrogen (secondary N) is 1. The van der Waals surface area contributed by atoms with Gasteiger partial charge in [0.05, 0.1) is 12.0 Å². The van der Waals surface area contributed by atoms with E-state index >= 15 is 0 Å². The van der Waals surface area contributed by atoms with Gasteiger partial charge in [-0.2, -0.15) is 0 Å². The third-order valence-electron chi connectivity index (χ3n) is 3.88. The molecule has 28 heavy (non-hydrogen) atoms. The SMILES string of the molecule is COc1ccc(NC(=O)c2ccc([N+](=O)[O-])cc2)cc1OCc1cccnc1. The van der Waals surface area contributed by atoms with Crippen molar-refractivity contribution in [2.24, 2.45) is 0 Å². The number of carbonyl (C=O) groups excluding carboxylic acids is 1. The van der Waals surface area contributed by atoms with Crippen molar-refractivity contribution in [3.8, 4) is 11.5 Å². The van der Waals surface area contributed by atoms with Crippen molar-refractivity contribution >= 4 is 17.3 Å². The average Bonchev–Trinajstić information content (AvgIpc) is 2.73. The third kappa shape index (κ3) is 4.61. The molecule has 0 fully saturated rings. The number of rotatable bonds is 7. The summed E-state index contributed by atoms with van der Waals surface area (Å²) in [4.78, 5) is 26.6. The van der Waals surface area contributed by atoms with Gasteiger partial charge >= 0.3 is 0 Å². The Balaban J connectivity index is 1.73. The van der Waals surface area contributed by atoms with Crippen LogP contribution in [0.3, 0.4) is 0 Å². The fraction of sp³-hybridized carbons (Fsp3) is 0.100. The van der Waals surface area contributed by atoms with Crippen LogP contribution in [0, 0.1) is 10.1 Å². The molecular weight excluding hydrogens is 362 g/mol. The van der Waals surface area contributed by atoms with Gasteiger partial charge in [0.1, 0.15) is 6.61 Å². The molecule has 0 saturated heterocycles. The lowest BCUT2D eigenvalue weighted by atomic mass is 10.2. The summed E-state index contributed by atoms with van der Waals surface area (Å²) < 4.78 is 11.1. The second-order valence-electron chi connectivity index (χ2n) is 5.77. The summed E-state index contributed by atoms with van der Waals surface area (Å²) in [5, 5.41) is 13.5. The van der Waals surface area contributed by atoms with E-state index in [1.807, 2.05) is 12.1 Å². The Hall–Kier alpha value is -3.94. The summed E-state index contributed by atoms with van der Waals surface area (Å²) in [6.07, 6.45) is 3.38. The lowest BCUT2D eigenvalue weighted by Crippen LogP contribution is -2.12. The van der Waals surface area contributed by atoms with E-state index in [1.54, 1.807) is 30.6 Å². The number of hydrogen-bond donors (Lipinski definition) is 1. The van der Waals surface area contributed by atoms with Crippen LogP contribution in [0.2, 0.25) is 0 Å². The summed E-state index contributed by atoms with van der Waals surface area (Å²) in [6, 6.07) is 14.1. The normalized spacial score (nSPS) is 10.2. The van der Waals surface area contributed by atoms with Crippen molar-refractivity contribution in [3.63, 3.8) is 0 Å². The van der Waals surface area contributed by atoms with Crippen LogP contribution in [0.4, 0.5) is 11.4 Å². The first-order chi connectivity index (χ1) is 13.6. The predicted molar refractivity (Wildman–Crippen MR) is 103 cm³/mol. The quantitative estimate of drug-likeness (QED) is 0.494. The first-order valence-corrected chi connectivity index (χ1v) is 8.32. The first kappa shape index (κ1) is 18.8. The second-order valence-corrected chi connectivity index (χ2v) is 5.77. The molecule has 1 heterocycles. The maximum absolute atomic E-state index is 12.4. The van der Waals surface area contributed by atoms with Crippen LogP contribution in [0.15, 0.2) is 67.0 Å². The first-order valence-electron chi connectivity index (χ1n) is 8.32. The fourth-order valence-corrected chi connectivity index (χ4v) is 2.45. The zero-order valence-electron chi connectivity index (χ0n) is 15.0. The van der Waals surface area contributed by atoms with Crippen molar-refractivity contribution in [2.75, 3.05) is 12.4 Å². The van der Waals surface area contributed by atoms with Gasteiger partial charge in [-0.3, -0.25) is 19.9 Å². The number of nitro groups is 1. The molecule has 0 spiro atoms. The Morgan fingerprint density at radius 1 is 1.14 bits per heavy atom. The van der Waals surface area contributed by atoms with Gasteiger partial charge in [0.2, 0.25) is 0 Å². The van der Waals surface area contributed by atoms with Crippen molar-refractivity contribution < 1.29 is 19.2 Å². The molecule has 1 N–H and O–H groups in total. The average molecular weight is 379 g/mol. The predicted octanol–water partition coefficient (Wildman–Crippen LogP) is 3.83. The molecule has 3 aromatic rings. The van der Waals surface area contributed by atoms with Gasteiger partial charge in [-0.1, -0.05) is 6.07 Å². The minimum Gasteiger partial charge on any atom is -0.493 e. The molecule has 1 aromatic heterocycles. The van der Waals surface area contributed by atoms with Gasteiger partial charge in [0.15, 0.2) is 11.5 Å². The van der Waals surface area contributed by atoms with E-state index < -0.39 is 10.8 Å². The molecule has 8 heteroatoms. The molecule has 3 rings (SSSR count). The van der Waals surface area contributed by atoms with Crippen LogP contribution in [0.5, 0.6) is 11.5 Å². The van der Waals surface area contributed by atoms with E-state index in [2.05, 4.69) is 10.3 Å². The van der Waals surface area contributed by atoms with Gasteiger partial charge in [-0.25, -0.2) is 0 Å². The number of ether oxygens (including phenoxy) is 2. The van der Waals surface area contributed by atoms with E-state index in [-0.39, 0.29) is 5.69 Å². The minimum atomic E-state index is -0.517. The number of nitrogens with zero attached hydrogens (tertiary/aromatic N) is 2. The smallest absolute Gasteiger partial charge is 0.269 e. The third-order valence-corrected chi connectivity index (χ3v) is 3.88. The van der Waals surface area contributed by atoms with Crippen molar-refractivity contribution in [2.45, 2.75) is 6.61 Å². The number of aromatic nitrogens is 1. The number of amides is 1. The van der Waals surface area contributed by atoms with Gasteiger partial charge in [-0.15, -0.1) is 0 Å². The Morgan fingerprint density at radius 2 is 1.93 bits per heavy atom. The van der Waals surface area contributed by atoms with Crippen molar-refractivity contribution in [1.29, 1.82) is 0 Å². The Morgan fingerprint density at radius 3 is 2.57 bits per heavy atom. The molecule has 0 unspecified atom stereocenters. The van der Waals surface area contributed by atoms with Crippen LogP contribution in [0.1, 0.15) is 15.9 Å². The number of pyridine rings is 1. The van der Waals surface area contributed by atoms with Gasteiger partial charge in [0.25, 0.3) is 11.6 Å². The van der Waals surface area contributed by atoms with Crippen LogP contribution in [0.25, 0.3) is 0 Å². The lowest BCUT2D eigenvalue weighted by molar-refractivity contribution is -0.384. The summed E-state index contributed by atoms with van der Waals surface area (Å²) in [7, 11) is 1.53. The number of hydrogen-bond acceptors (Lipinski definition) is 6. The molecule has 0 aliphatic rings. The van der Waals surface area contributed by atoms with Gasteiger partial charge < -0.3 is 14.8 Å². The van der Waals surface area contributed by atoms with Crippen LogP contribution < -0.4 is 14.8 Å². The number of carbonyl (C=O) groups is 1. The maximum Gasteiger partial charge on any atom is 0.269 e. The molecule has 1 amide bonds. The highest BCUT2D eigenvalue weighted by Gasteiger charge is 2.12. The number of anilines is 1.